The van der Waals surface area contributed by atoms with Gasteiger partial charge >= 0.3 is 0 Å². The van der Waals surface area contributed by atoms with Crippen molar-refractivity contribution in [2.75, 3.05) is 25.0 Å². The highest BCUT2D eigenvalue weighted by Gasteiger charge is 2.23. The molecule has 2 aromatic carbocycles. The van der Waals surface area contributed by atoms with Crippen molar-refractivity contribution in [1.29, 1.82) is 0 Å². The molecule has 1 saturated heterocycles. The van der Waals surface area contributed by atoms with E-state index in [0.29, 0.717) is 18.5 Å². The van der Waals surface area contributed by atoms with E-state index in [2.05, 4.69) is 48.6 Å². The molecule has 1 aliphatic heterocycles. The molecule has 5 nitrogen and oxygen atoms in total. The van der Waals surface area contributed by atoms with Gasteiger partial charge in [-0.05, 0) is 48.4 Å². The molecular formula is C19H22BrFN4O. The summed E-state index contributed by atoms with van der Waals surface area (Å²) in [6.45, 7) is 2.32. The van der Waals surface area contributed by atoms with Gasteiger partial charge in [-0.3, -0.25) is 4.99 Å². The molecule has 26 heavy (non-hydrogen) atoms. The largest absolute Gasteiger partial charge is 0.505 e. The molecule has 1 fully saturated rings. The van der Waals surface area contributed by atoms with Gasteiger partial charge in [0.15, 0.2) is 17.5 Å². The van der Waals surface area contributed by atoms with Gasteiger partial charge in [0.2, 0.25) is 0 Å². The van der Waals surface area contributed by atoms with E-state index in [1.807, 2.05) is 12.1 Å². The average Bonchev–Trinajstić information content (AvgIpc) is 3.10. The number of hydrogen-bond acceptors (Lipinski definition) is 3. The summed E-state index contributed by atoms with van der Waals surface area (Å²) >= 11 is 3.46. The van der Waals surface area contributed by atoms with Gasteiger partial charge < -0.3 is 20.6 Å². The molecule has 138 valence electrons. The zero-order valence-corrected chi connectivity index (χ0v) is 16.1. The topological polar surface area (TPSA) is 59.9 Å². The second kappa shape index (κ2) is 8.40. The first-order valence-electron chi connectivity index (χ1n) is 8.50. The minimum absolute atomic E-state index is 0.293. The highest BCUT2D eigenvalue weighted by Crippen LogP contribution is 2.22. The van der Waals surface area contributed by atoms with Crippen molar-refractivity contribution in [1.82, 2.24) is 10.6 Å². The summed E-state index contributed by atoms with van der Waals surface area (Å²) in [4.78, 5) is 6.58. The lowest BCUT2D eigenvalue weighted by molar-refractivity contribution is 0.431. The number of nitrogens with one attached hydrogen (secondary N) is 2. The van der Waals surface area contributed by atoms with E-state index in [0.717, 1.165) is 29.5 Å². The molecule has 0 spiro atoms. The molecule has 1 heterocycles. The van der Waals surface area contributed by atoms with Gasteiger partial charge in [0, 0.05) is 42.9 Å². The summed E-state index contributed by atoms with van der Waals surface area (Å²) in [6.07, 6.45) is 1.02. The van der Waals surface area contributed by atoms with Crippen molar-refractivity contribution >= 4 is 27.6 Å². The molecule has 0 aromatic heterocycles. The Labute approximate surface area is 161 Å². The van der Waals surface area contributed by atoms with Crippen molar-refractivity contribution in [3.8, 4) is 5.75 Å². The number of phenolic OH excluding ortho intramolecular Hbond substituents is 1. The van der Waals surface area contributed by atoms with E-state index in [-0.39, 0.29) is 5.75 Å². The molecule has 7 heteroatoms. The standard InChI is InChI=1S/C19H22BrFN4O/c1-22-19(23-11-13-2-7-18(26)17(21)10-13)24-15-8-9-25(12-15)16-5-3-14(20)4-6-16/h2-7,10,15,26H,8-9,11-12H2,1H3,(H2,22,23,24). The minimum Gasteiger partial charge on any atom is -0.505 e. The average molecular weight is 421 g/mol. The Bertz CT molecular complexity index is 782. The molecule has 3 rings (SSSR count). The molecule has 0 amide bonds. The van der Waals surface area contributed by atoms with Crippen LogP contribution in [0.5, 0.6) is 5.75 Å². The van der Waals surface area contributed by atoms with Crippen LogP contribution in [0.1, 0.15) is 12.0 Å². The van der Waals surface area contributed by atoms with Gasteiger partial charge in [-0.1, -0.05) is 22.0 Å². The lowest BCUT2D eigenvalue weighted by Gasteiger charge is -2.20. The number of halogens is 2. The highest BCUT2D eigenvalue weighted by molar-refractivity contribution is 9.10. The first-order valence-corrected chi connectivity index (χ1v) is 9.29. The van der Waals surface area contributed by atoms with Gasteiger partial charge in [-0.15, -0.1) is 0 Å². The fourth-order valence-corrected chi connectivity index (χ4v) is 3.26. The third-order valence-corrected chi connectivity index (χ3v) is 4.95. The summed E-state index contributed by atoms with van der Waals surface area (Å²) in [5.41, 5.74) is 1.95. The lowest BCUT2D eigenvalue weighted by atomic mass is 10.2. The molecule has 1 unspecified atom stereocenters. The SMILES string of the molecule is CN=C(NCc1ccc(O)c(F)c1)NC1CCN(c2ccc(Br)cc2)C1. The van der Waals surface area contributed by atoms with Crippen LogP contribution in [0.2, 0.25) is 0 Å². The van der Waals surface area contributed by atoms with Gasteiger partial charge in [-0.2, -0.15) is 0 Å². The number of aromatic hydroxyl groups is 1. The Morgan fingerprint density at radius 1 is 1.31 bits per heavy atom. The predicted octanol–water partition coefficient (Wildman–Crippen LogP) is 3.24. The summed E-state index contributed by atoms with van der Waals surface area (Å²) < 4.78 is 14.5. The van der Waals surface area contributed by atoms with E-state index < -0.39 is 5.82 Å². The first kappa shape index (κ1) is 18.5. The van der Waals surface area contributed by atoms with E-state index in [1.165, 1.54) is 17.8 Å². The van der Waals surface area contributed by atoms with E-state index in [1.54, 1.807) is 13.1 Å². The van der Waals surface area contributed by atoms with Gasteiger partial charge in [0.1, 0.15) is 0 Å². The van der Waals surface area contributed by atoms with Crippen LogP contribution in [-0.4, -0.2) is 37.2 Å². The summed E-state index contributed by atoms with van der Waals surface area (Å²) in [5, 5.41) is 15.9. The molecule has 0 bridgehead atoms. The third kappa shape index (κ3) is 4.66. The Hall–Kier alpha value is -2.28. The zero-order chi connectivity index (χ0) is 18.5. The number of phenols is 1. The quantitative estimate of drug-likeness (QED) is 0.524. The number of hydrogen-bond donors (Lipinski definition) is 3. The number of anilines is 1. The zero-order valence-electron chi connectivity index (χ0n) is 14.5. The van der Waals surface area contributed by atoms with Crippen LogP contribution < -0.4 is 15.5 Å². The molecule has 1 aliphatic rings. The normalized spacial score (nSPS) is 17.4. The van der Waals surface area contributed by atoms with Crippen LogP contribution in [0.4, 0.5) is 10.1 Å². The summed E-state index contributed by atoms with van der Waals surface area (Å²) in [5.74, 6) is -0.274. The van der Waals surface area contributed by atoms with E-state index in [9.17, 15) is 9.50 Å². The van der Waals surface area contributed by atoms with Crippen molar-refractivity contribution in [2.45, 2.75) is 19.0 Å². The van der Waals surface area contributed by atoms with Crippen LogP contribution in [0, 0.1) is 5.82 Å². The number of rotatable bonds is 4. The molecule has 0 aliphatic carbocycles. The Morgan fingerprint density at radius 3 is 2.77 bits per heavy atom. The first-order chi connectivity index (χ1) is 12.5. The Kier molecular flexibility index (Phi) is 5.98. The van der Waals surface area contributed by atoms with Crippen LogP contribution in [-0.2, 0) is 6.54 Å². The molecule has 0 radical (unpaired) electrons. The van der Waals surface area contributed by atoms with Gasteiger partial charge in [0.25, 0.3) is 0 Å². The van der Waals surface area contributed by atoms with Crippen molar-refractivity contribution < 1.29 is 9.50 Å². The second-order valence-corrected chi connectivity index (χ2v) is 7.18. The maximum Gasteiger partial charge on any atom is 0.191 e. The maximum absolute atomic E-state index is 13.4. The van der Waals surface area contributed by atoms with Crippen molar-refractivity contribution in [3.63, 3.8) is 0 Å². The smallest absolute Gasteiger partial charge is 0.191 e. The minimum atomic E-state index is -0.617. The molecule has 0 saturated carbocycles. The molecule has 2 aromatic rings. The van der Waals surface area contributed by atoms with Gasteiger partial charge in [0.05, 0.1) is 0 Å². The fourth-order valence-electron chi connectivity index (χ4n) is 3.00. The molecule has 1 atom stereocenters. The number of guanidine groups is 1. The number of nitrogens with zero attached hydrogens (tertiary/aromatic N) is 2. The van der Waals surface area contributed by atoms with E-state index in [4.69, 9.17) is 0 Å². The van der Waals surface area contributed by atoms with Crippen LogP contribution >= 0.6 is 15.9 Å². The second-order valence-electron chi connectivity index (χ2n) is 6.26. The monoisotopic (exact) mass is 420 g/mol. The van der Waals surface area contributed by atoms with E-state index >= 15 is 0 Å². The van der Waals surface area contributed by atoms with Crippen molar-refractivity contribution in [2.24, 2.45) is 4.99 Å². The lowest BCUT2D eigenvalue weighted by Crippen LogP contribution is -2.44. The fraction of sp³-hybridized carbons (Fsp3) is 0.316. The number of benzene rings is 2. The Morgan fingerprint density at radius 2 is 2.08 bits per heavy atom. The molecular weight excluding hydrogens is 399 g/mol. The molecule has 3 N–H and O–H groups in total. The highest BCUT2D eigenvalue weighted by atomic mass is 79.9. The van der Waals surface area contributed by atoms with Crippen LogP contribution in [0.15, 0.2) is 51.9 Å². The third-order valence-electron chi connectivity index (χ3n) is 4.42. The number of aliphatic imine (C=N–C) groups is 1. The van der Waals surface area contributed by atoms with Gasteiger partial charge in [-0.25, -0.2) is 4.39 Å². The summed E-state index contributed by atoms with van der Waals surface area (Å²) in [6, 6.07) is 13.0. The maximum atomic E-state index is 13.4. The predicted molar refractivity (Wildman–Crippen MR) is 106 cm³/mol. The van der Waals surface area contributed by atoms with Crippen LogP contribution in [0.25, 0.3) is 0 Å². The van der Waals surface area contributed by atoms with Crippen LogP contribution in [0.3, 0.4) is 0 Å². The Balaban J connectivity index is 1.52. The summed E-state index contributed by atoms with van der Waals surface area (Å²) in [7, 11) is 1.72. The van der Waals surface area contributed by atoms with Crippen molar-refractivity contribution in [3.05, 3.63) is 58.3 Å².